The molecule has 1 aromatic rings. The minimum Gasteiger partial charge on any atom is -0.493 e. The van der Waals surface area contributed by atoms with Crippen molar-refractivity contribution in [3.8, 4) is 5.75 Å². The van der Waals surface area contributed by atoms with Gasteiger partial charge in [0.2, 0.25) is 0 Å². The van der Waals surface area contributed by atoms with Gasteiger partial charge in [0.05, 0.1) is 23.7 Å². The minimum absolute atomic E-state index is 0.0305. The Balaban J connectivity index is 2.48. The molecule has 1 aromatic carbocycles. The summed E-state index contributed by atoms with van der Waals surface area (Å²) in [5.74, 6) is 0.208. The summed E-state index contributed by atoms with van der Waals surface area (Å²) in [6.07, 6.45) is 0.794. The number of carbonyl (C=O) groups excluding carboxylic acids is 1. The van der Waals surface area contributed by atoms with Crippen LogP contribution < -0.4 is 4.74 Å². The predicted octanol–water partition coefficient (Wildman–Crippen LogP) is 2.63. The lowest BCUT2D eigenvalue weighted by Gasteiger charge is -2.08. The van der Waals surface area contributed by atoms with E-state index >= 15 is 0 Å². The SMILES string of the molecule is CCOC(=O)CCCOc1cccc([N+](=O)[O-])c1C. The van der Waals surface area contributed by atoms with Crippen LogP contribution in [-0.4, -0.2) is 24.1 Å². The van der Waals surface area contributed by atoms with Crippen LogP contribution in [0.4, 0.5) is 5.69 Å². The monoisotopic (exact) mass is 267 g/mol. The Morgan fingerprint density at radius 1 is 1.42 bits per heavy atom. The van der Waals surface area contributed by atoms with Gasteiger partial charge in [0.25, 0.3) is 5.69 Å². The van der Waals surface area contributed by atoms with Gasteiger partial charge in [0, 0.05) is 12.5 Å². The average Bonchev–Trinajstić information content (AvgIpc) is 2.36. The molecule has 6 nitrogen and oxygen atoms in total. The van der Waals surface area contributed by atoms with Crippen LogP contribution in [0.15, 0.2) is 18.2 Å². The fourth-order valence-electron chi connectivity index (χ4n) is 1.59. The molecule has 6 heteroatoms. The molecule has 0 heterocycles. The second-order valence-electron chi connectivity index (χ2n) is 3.91. The minimum atomic E-state index is -0.444. The zero-order valence-electron chi connectivity index (χ0n) is 11.0. The van der Waals surface area contributed by atoms with Gasteiger partial charge in [-0.3, -0.25) is 14.9 Å². The first-order chi connectivity index (χ1) is 9.06. The number of carbonyl (C=O) groups is 1. The summed E-state index contributed by atoms with van der Waals surface area (Å²) in [7, 11) is 0. The molecule has 0 unspecified atom stereocenters. The molecule has 104 valence electrons. The van der Waals surface area contributed by atoms with E-state index in [1.807, 2.05) is 0 Å². The molecule has 0 spiro atoms. The van der Waals surface area contributed by atoms with E-state index in [9.17, 15) is 14.9 Å². The fourth-order valence-corrected chi connectivity index (χ4v) is 1.59. The first kappa shape index (κ1) is 14.9. The summed E-state index contributed by atoms with van der Waals surface area (Å²) in [6.45, 7) is 4.07. The van der Waals surface area contributed by atoms with E-state index in [-0.39, 0.29) is 18.1 Å². The van der Waals surface area contributed by atoms with Gasteiger partial charge in [-0.25, -0.2) is 0 Å². The fraction of sp³-hybridized carbons (Fsp3) is 0.462. The van der Waals surface area contributed by atoms with Crippen molar-refractivity contribution in [2.75, 3.05) is 13.2 Å². The normalized spacial score (nSPS) is 10.0. The highest BCUT2D eigenvalue weighted by Gasteiger charge is 2.14. The summed E-state index contributed by atoms with van der Waals surface area (Å²) in [5, 5.41) is 10.8. The summed E-state index contributed by atoms with van der Waals surface area (Å²) in [4.78, 5) is 21.4. The molecule has 0 aromatic heterocycles. The molecule has 0 N–H and O–H groups in total. The first-order valence-corrected chi connectivity index (χ1v) is 6.08. The van der Waals surface area contributed by atoms with E-state index in [0.29, 0.717) is 30.9 Å². The molecule has 0 aliphatic carbocycles. The van der Waals surface area contributed by atoms with Crippen LogP contribution in [0.5, 0.6) is 5.75 Å². The van der Waals surface area contributed by atoms with Gasteiger partial charge in [-0.1, -0.05) is 6.07 Å². The highest BCUT2D eigenvalue weighted by molar-refractivity contribution is 5.69. The van der Waals surface area contributed by atoms with Gasteiger partial charge in [0.1, 0.15) is 5.75 Å². The quantitative estimate of drug-likeness (QED) is 0.328. The van der Waals surface area contributed by atoms with Crippen LogP contribution in [0.25, 0.3) is 0 Å². The van der Waals surface area contributed by atoms with Crippen molar-refractivity contribution in [2.45, 2.75) is 26.7 Å². The summed E-state index contributed by atoms with van der Waals surface area (Å²) < 4.78 is 10.2. The number of benzene rings is 1. The Hall–Kier alpha value is -2.11. The molecule has 0 saturated heterocycles. The van der Waals surface area contributed by atoms with E-state index in [4.69, 9.17) is 9.47 Å². The number of hydrogen-bond acceptors (Lipinski definition) is 5. The lowest BCUT2D eigenvalue weighted by Crippen LogP contribution is -2.07. The average molecular weight is 267 g/mol. The topological polar surface area (TPSA) is 78.7 Å². The van der Waals surface area contributed by atoms with E-state index in [1.165, 1.54) is 6.07 Å². The molecule has 0 saturated carbocycles. The number of esters is 1. The number of rotatable bonds is 7. The zero-order chi connectivity index (χ0) is 14.3. The molecule has 0 radical (unpaired) electrons. The Morgan fingerprint density at radius 2 is 2.16 bits per heavy atom. The van der Waals surface area contributed by atoms with E-state index in [2.05, 4.69) is 0 Å². The third kappa shape index (κ3) is 4.57. The molecule has 0 atom stereocenters. The molecule has 19 heavy (non-hydrogen) atoms. The number of nitro benzene ring substituents is 1. The lowest BCUT2D eigenvalue weighted by atomic mass is 10.2. The second-order valence-corrected chi connectivity index (χ2v) is 3.91. The zero-order valence-corrected chi connectivity index (χ0v) is 11.0. The van der Waals surface area contributed by atoms with E-state index in [0.717, 1.165) is 0 Å². The van der Waals surface area contributed by atoms with Crippen LogP contribution in [-0.2, 0) is 9.53 Å². The molecule has 0 amide bonds. The Labute approximate surface area is 111 Å². The van der Waals surface area contributed by atoms with Crippen LogP contribution >= 0.6 is 0 Å². The van der Waals surface area contributed by atoms with Crippen molar-refractivity contribution >= 4 is 11.7 Å². The maximum atomic E-state index is 11.1. The van der Waals surface area contributed by atoms with Crippen LogP contribution in [0.3, 0.4) is 0 Å². The van der Waals surface area contributed by atoms with E-state index < -0.39 is 4.92 Å². The molecule has 0 bridgehead atoms. The third-order valence-corrected chi connectivity index (χ3v) is 2.54. The van der Waals surface area contributed by atoms with Gasteiger partial charge in [0.15, 0.2) is 0 Å². The van der Waals surface area contributed by atoms with Crippen molar-refractivity contribution < 1.29 is 19.2 Å². The molecular weight excluding hydrogens is 250 g/mol. The summed E-state index contributed by atoms with van der Waals surface area (Å²) >= 11 is 0. The van der Waals surface area contributed by atoms with Gasteiger partial charge >= 0.3 is 5.97 Å². The van der Waals surface area contributed by atoms with E-state index in [1.54, 1.807) is 26.0 Å². The maximum Gasteiger partial charge on any atom is 0.305 e. The van der Waals surface area contributed by atoms with Crippen LogP contribution in [0, 0.1) is 17.0 Å². The molecule has 0 aliphatic heterocycles. The van der Waals surface area contributed by atoms with Crippen molar-refractivity contribution in [1.82, 2.24) is 0 Å². The molecule has 0 aliphatic rings. The lowest BCUT2D eigenvalue weighted by molar-refractivity contribution is -0.385. The second kappa shape index (κ2) is 7.35. The summed E-state index contributed by atoms with van der Waals surface area (Å²) in [6, 6.07) is 4.68. The van der Waals surface area contributed by atoms with Crippen LogP contribution in [0.2, 0.25) is 0 Å². The highest BCUT2D eigenvalue weighted by Crippen LogP contribution is 2.27. The van der Waals surface area contributed by atoms with Gasteiger partial charge in [-0.2, -0.15) is 0 Å². The largest absolute Gasteiger partial charge is 0.493 e. The molecule has 0 fully saturated rings. The number of hydrogen-bond donors (Lipinski definition) is 0. The van der Waals surface area contributed by atoms with Crippen molar-refractivity contribution in [2.24, 2.45) is 0 Å². The van der Waals surface area contributed by atoms with Gasteiger partial charge in [-0.05, 0) is 26.3 Å². The highest BCUT2D eigenvalue weighted by atomic mass is 16.6. The van der Waals surface area contributed by atoms with Gasteiger partial charge in [-0.15, -0.1) is 0 Å². The Bertz CT molecular complexity index is 458. The standard InChI is InChI=1S/C13H17NO5/c1-3-18-13(15)8-5-9-19-12-7-4-6-11(10(12)2)14(16)17/h4,6-7H,3,5,8-9H2,1-2H3. The Kier molecular flexibility index (Phi) is 5.78. The van der Waals surface area contributed by atoms with Crippen molar-refractivity contribution in [3.63, 3.8) is 0 Å². The number of nitrogens with zero attached hydrogens (tertiary/aromatic N) is 1. The number of ether oxygens (including phenoxy) is 2. The van der Waals surface area contributed by atoms with Crippen molar-refractivity contribution in [1.29, 1.82) is 0 Å². The maximum absolute atomic E-state index is 11.1. The number of nitro groups is 1. The first-order valence-electron chi connectivity index (χ1n) is 6.08. The van der Waals surface area contributed by atoms with Crippen LogP contribution in [0.1, 0.15) is 25.3 Å². The molecule has 1 rings (SSSR count). The third-order valence-electron chi connectivity index (χ3n) is 2.54. The van der Waals surface area contributed by atoms with Crippen molar-refractivity contribution in [3.05, 3.63) is 33.9 Å². The predicted molar refractivity (Wildman–Crippen MR) is 69.2 cm³/mol. The van der Waals surface area contributed by atoms with Gasteiger partial charge < -0.3 is 9.47 Å². The Morgan fingerprint density at radius 3 is 2.79 bits per heavy atom. The smallest absolute Gasteiger partial charge is 0.305 e. The summed E-state index contributed by atoms with van der Waals surface area (Å²) in [5.41, 5.74) is 0.520. The molecular formula is C13H17NO5.